The van der Waals surface area contributed by atoms with Crippen LogP contribution in [-0.4, -0.2) is 40.6 Å². The minimum absolute atomic E-state index is 0.0470. The molecule has 0 atom stereocenters. The molecule has 1 saturated heterocycles. The Kier molecular flexibility index (Phi) is 4.48. The number of amides is 1. The molecule has 1 N–H and O–H groups in total. The average Bonchev–Trinajstić information content (AvgIpc) is 2.67. The third kappa shape index (κ3) is 3.47. The van der Waals surface area contributed by atoms with Crippen molar-refractivity contribution in [2.24, 2.45) is 0 Å². The van der Waals surface area contributed by atoms with Gasteiger partial charge >= 0.3 is 6.09 Å². The summed E-state index contributed by atoms with van der Waals surface area (Å²) < 4.78 is 11.5. The first-order valence-electron chi connectivity index (χ1n) is 9.06. The van der Waals surface area contributed by atoms with Crippen LogP contribution in [0.2, 0.25) is 0 Å². The fourth-order valence-electron chi connectivity index (χ4n) is 3.72. The highest BCUT2D eigenvalue weighted by atomic mass is 16.6. The molecule has 27 heavy (non-hydrogen) atoms. The molecule has 2 aliphatic rings. The van der Waals surface area contributed by atoms with Gasteiger partial charge in [0.2, 0.25) is 0 Å². The van der Waals surface area contributed by atoms with E-state index in [2.05, 4.69) is 0 Å². The maximum Gasteiger partial charge on any atom is 0.410 e. The van der Waals surface area contributed by atoms with Crippen molar-refractivity contribution in [3.05, 3.63) is 59.7 Å². The number of carbonyl (C=O) groups is 2. The number of aromatic hydroxyl groups is 1. The van der Waals surface area contributed by atoms with Gasteiger partial charge in [0.15, 0.2) is 5.78 Å². The lowest BCUT2D eigenvalue weighted by molar-refractivity contribution is -0.0101. The second kappa shape index (κ2) is 6.95. The van der Waals surface area contributed by atoms with Gasteiger partial charge in [0.1, 0.15) is 29.3 Å². The van der Waals surface area contributed by atoms with Gasteiger partial charge in [-0.15, -0.1) is 0 Å². The summed E-state index contributed by atoms with van der Waals surface area (Å²) in [6, 6.07) is 14.4. The largest absolute Gasteiger partial charge is 0.507 e. The molecular weight excluding hydrogens is 346 g/mol. The molecule has 2 aliphatic heterocycles. The summed E-state index contributed by atoms with van der Waals surface area (Å²) >= 11 is 0. The van der Waals surface area contributed by atoms with Crippen molar-refractivity contribution in [3.8, 4) is 11.5 Å². The van der Waals surface area contributed by atoms with Gasteiger partial charge in [-0.3, -0.25) is 4.79 Å². The van der Waals surface area contributed by atoms with Crippen LogP contribution in [-0.2, 0) is 11.3 Å². The SMILES string of the molecule is O=C1CC2(CCN(C(=O)OCc3ccccc3)CC2)Oc2cccc(O)c21. The van der Waals surface area contributed by atoms with Gasteiger partial charge in [-0.05, 0) is 17.7 Å². The van der Waals surface area contributed by atoms with Crippen molar-refractivity contribution >= 4 is 11.9 Å². The Hall–Kier alpha value is -3.02. The first kappa shape index (κ1) is 17.4. The maximum absolute atomic E-state index is 12.5. The zero-order chi connectivity index (χ0) is 18.9. The topological polar surface area (TPSA) is 76.1 Å². The van der Waals surface area contributed by atoms with Gasteiger partial charge in [-0.2, -0.15) is 0 Å². The number of hydrogen-bond acceptors (Lipinski definition) is 5. The molecule has 2 aromatic rings. The van der Waals surface area contributed by atoms with E-state index in [4.69, 9.17) is 9.47 Å². The second-order valence-electron chi connectivity index (χ2n) is 7.06. The molecule has 2 heterocycles. The fourth-order valence-corrected chi connectivity index (χ4v) is 3.72. The van der Waals surface area contributed by atoms with Gasteiger partial charge in [-0.25, -0.2) is 4.79 Å². The van der Waals surface area contributed by atoms with E-state index in [0.29, 0.717) is 31.7 Å². The molecule has 2 aromatic carbocycles. The summed E-state index contributed by atoms with van der Waals surface area (Å²) in [6.07, 6.45) is 0.960. The zero-order valence-corrected chi connectivity index (χ0v) is 14.9. The van der Waals surface area contributed by atoms with Gasteiger partial charge in [0.05, 0.1) is 6.42 Å². The monoisotopic (exact) mass is 367 g/mol. The van der Waals surface area contributed by atoms with Crippen molar-refractivity contribution in [1.29, 1.82) is 0 Å². The van der Waals surface area contributed by atoms with E-state index < -0.39 is 5.60 Å². The summed E-state index contributed by atoms with van der Waals surface area (Å²) in [6.45, 7) is 1.17. The molecule has 4 rings (SSSR count). The minimum Gasteiger partial charge on any atom is -0.507 e. The number of hydrogen-bond donors (Lipinski definition) is 1. The van der Waals surface area contributed by atoms with Crippen LogP contribution in [0, 0.1) is 0 Å². The van der Waals surface area contributed by atoms with E-state index >= 15 is 0 Å². The van der Waals surface area contributed by atoms with E-state index in [0.717, 1.165) is 5.56 Å². The molecule has 0 saturated carbocycles. The number of phenolic OH excluding ortho intramolecular Hbond substituents is 1. The fraction of sp³-hybridized carbons (Fsp3) is 0.333. The van der Waals surface area contributed by atoms with E-state index in [-0.39, 0.29) is 36.2 Å². The lowest BCUT2D eigenvalue weighted by Crippen LogP contribution is -2.52. The summed E-state index contributed by atoms with van der Waals surface area (Å²) in [5.41, 5.74) is 0.582. The molecular formula is C21H21NO5. The quantitative estimate of drug-likeness (QED) is 0.879. The van der Waals surface area contributed by atoms with Crippen LogP contribution in [0.5, 0.6) is 11.5 Å². The average molecular weight is 367 g/mol. The van der Waals surface area contributed by atoms with Gasteiger partial charge in [0, 0.05) is 25.9 Å². The highest BCUT2D eigenvalue weighted by Crippen LogP contribution is 2.42. The van der Waals surface area contributed by atoms with Crippen LogP contribution >= 0.6 is 0 Å². The van der Waals surface area contributed by atoms with E-state index in [9.17, 15) is 14.7 Å². The number of rotatable bonds is 2. The number of benzene rings is 2. The van der Waals surface area contributed by atoms with Gasteiger partial charge in [-0.1, -0.05) is 36.4 Å². The molecule has 0 unspecified atom stereocenters. The van der Waals surface area contributed by atoms with Crippen LogP contribution in [0.15, 0.2) is 48.5 Å². The van der Waals surface area contributed by atoms with Crippen molar-refractivity contribution < 1.29 is 24.2 Å². The minimum atomic E-state index is -0.617. The smallest absolute Gasteiger partial charge is 0.410 e. The van der Waals surface area contributed by atoms with Crippen LogP contribution in [0.3, 0.4) is 0 Å². The van der Waals surface area contributed by atoms with Crippen LogP contribution < -0.4 is 4.74 Å². The Morgan fingerprint density at radius 3 is 2.59 bits per heavy atom. The summed E-state index contributed by atoms with van der Waals surface area (Å²) in [5, 5.41) is 9.91. The first-order chi connectivity index (χ1) is 13.1. The second-order valence-corrected chi connectivity index (χ2v) is 7.06. The normalized spacial score (nSPS) is 17.9. The molecule has 140 valence electrons. The molecule has 1 spiro atoms. The number of Topliss-reactive ketones (excluding diaryl/α,β-unsaturated/α-hetero) is 1. The molecule has 0 radical (unpaired) electrons. The highest BCUT2D eigenvalue weighted by molar-refractivity contribution is 6.02. The first-order valence-corrected chi connectivity index (χ1v) is 9.06. The van der Waals surface area contributed by atoms with Crippen molar-refractivity contribution in [2.45, 2.75) is 31.5 Å². The number of piperidine rings is 1. The molecule has 6 heteroatoms. The number of ketones is 1. The number of carbonyl (C=O) groups excluding carboxylic acids is 2. The van der Waals surface area contributed by atoms with Crippen LogP contribution in [0.25, 0.3) is 0 Å². The molecule has 1 fully saturated rings. The number of phenols is 1. The third-order valence-corrected chi connectivity index (χ3v) is 5.23. The Bertz CT molecular complexity index is 856. The highest BCUT2D eigenvalue weighted by Gasteiger charge is 2.44. The lowest BCUT2D eigenvalue weighted by atomic mass is 9.82. The van der Waals surface area contributed by atoms with E-state index in [1.165, 1.54) is 6.07 Å². The third-order valence-electron chi connectivity index (χ3n) is 5.23. The molecule has 0 aliphatic carbocycles. The predicted molar refractivity (Wildman–Crippen MR) is 97.8 cm³/mol. The van der Waals surface area contributed by atoms with Crippen LogP contribution in [0.1, 0.15) is 35.2 Å². The summed E-state index contributed by atoms with van der Waals surface area (Å²) in [5.74, 6) is 0.259. The molecule has 1 amide bonds. The van der Waals surface area contributed by atoms with Crippen LogP contribution in [0.4, 0.5) is 4.79 Å². The van der Waals surface area contributed by atoms with E-state index in [1.54, 1.807) is 17.0 Å². The Morgan fingerprint density at radius 2 is 1.85 bits per heavy atom. The van der Waals surface area contributed by atoms with Crippen molar-refractivity contribution in [3.63, 3.8) is 0 Å². The Labute approximate surface area is 157 Å². The standard InChI is InChI=1S/C21H21NO5/c23-16-7-4-8-18-19(16)17(24)13-21(27-18)9-11-22(12-10-21)20(25)26-14-15-5-2-1-3-6-15/h1-8,23H,9-14H2. The number of likely N-dealkylation sites (tertiary alicyclic amines) is 1. The van der Waals surface area contributed by atoms with Crippen molar-refractivity contribution in [2.75, 3.05) is 13.1 Å². The Balaban J connectivity index is 1.37. The summed E-state index contributed by atoms with van der Waals surface area (Å²) in [7, 11) is 0. The molecule has 0 aromatic heterocycles. The predicted octanol–water partition coefficient (Wildman–Crippen LogP) is 3.53. The van der Waals surface area contributed by atoms with Gasteiger partial charge < -0.3 is 19.5 Å². The molecule has 0 bridgehead atoms. The number of nitrogens with zero attached hydrogens (tertiary/aromatic N) is 1. The summed E-state index contributed by atoms with van der Waals surface area (Å²) in [4.78, 5) is 26.5. The Morgan fingerprint density at radius 1 is 1.11 bits per heavy atom. The zero-order valence-electron chi connectivity index (χ0n) is 14.9. The number of fused-ring (bicyclic) bond motifs is 1. The van der Waals surface area contributed by atoms with Crippen molar-refractivity contribution in [1.82, 2.24) is 4.90 Å². The van der Waals surface area contributed by atoms with Gasteiger partial charge in [0.25, 0.3) is 0 Å². The molecule has 6 nitrogen and oxygen atoms in total. The lowest BCUT2D eigenvalue weighted by Gasteiger charge is -2.43. The maximum atomic E-state index is 12.5. The number of ether oxygens (including phenoxy) is 2. The van der Waals surface area contributed by atoms with E-state index in [1.807, 2.05) is 30.3 Å².